The van der Waals surface area contributed by atoms with Crippen molar-refractivity contribution in [3.05, 3.63) is 60.2 Å². The molecule has 28 heavy (non-hydrogen) atoms. The summed E-state index contributed by atoms with van der Waals surface area (Å²) in [6, 6.07) is 17.8. The lowest BCUT2D eigenvalue weighted by atomic mass is 10.1. The van der Waals surface area contributed by atoms with Gasteiger partial charge in [-0.3, -0.25) is 4.79 Å². The number of hydrogen-bond donors (Lipinski definition) is 2. The molecule has 0 aliphatic heterocycles. The van der Waals surface area contributed by atoms with Crippen molar-refractivity contribution in [1.82, 2.24) is 25.5 Å². The fraction of sp³-hybridized carbons (Fsp3) is 0.238. The van der Waals surface area contributed by atoms with E-state index in [-0.39, 0.29) is 17.2 Å². The van der Waals surface area contributed by atoms with Crippen molar-refractivity contribution in [1.29, 1.82) is 0 Å². The molecule has 7 heteroatoms. The SMILES string of the molecule is CC[C@@H](Sc1nnc2c(n1)[nH]c1ccccc12)C(=O)N[C@H](C)c1ccccc1. The number of amides is 1. The van der Waals surface area contributed by atoms with Crippen molar-refractivity contribution in [2.24, 2.45) is 0 Å². The lowest BCUT2D eigenvalue weighted by Crippen LogP contribution is -2.34. The van der Waals surface area contributed by atoms with E-state index < -0.39 is 0 Å². The van der Waals surface area contributed by atoms with E-state index in [9.17, 15) is 4.79 Å². The Hall–Kier alpha value is -2.93. The normalized spacial score (nSPS) is 13.5. The number of carbonyl (C=O) groups is 1. The molecule has 0 saturated carbocycles. The smallest absolute Gasteiger partial charge is 0.234 e. The largest absolute Gasteiger partial charge is 0.349 e. The lowest BCUT2D eigenvalue weighted by Gasteiger charge is -2.18. The van der Waals surface area contributed by atoms with Gasteiger partial charge in [0.05, 0.1) is 11.3 Å². The van der Waals surface area contributed by atoms with Crippen molar-refractivity contribution in [3.8, 4) is 0 Å². The third-order valence-corrected chi connectivity index (χ3v) is 5.89. The molecular weight excluding hydrogens is 370 g/mol. The second kappa shape index (κ2) is 7.98. The number of rotatable bonds is 6. The van der Waals surface area contributed by atoms with Gasteiger partial charge in [0.2, 0.25) is 11.1 Å². The topological polar surface area (TPSA) is 83.6 Å². The molecule has 2 heterocycles. The number of nitrogens with zero attached hydrogens (tertiary/aromatic N) is 3. The van der Waals surface area contributed by atoms with Crippen molar-refractivity contribution in [2.45, 2.75) is 36.7 Å². The Morgan fingerprint density at radius 3 is 2.64 bits per heavy atom. The van der Waals surface area contributed by atoms with Crippen LogP contribution in [-0.4, -0.2) is 31.3 Å². The Bertz CT molecular complexity index is 1110. The molecule has 0 spiro atoms. The number of fused-ring (bicyclic) bond motifs is 3. The minimum atomic E-state index is -0.283. The minimum absolute atomic E-state index is 0.0239. The highest BCUT2D eigenvalue weighted by Gasteiger charge is 2.22. The molecule has 2 atom stereocenters. The van der Waals surface area contributed by atoms with Gasteiger partial charge in [0.1, 0.15) is 5.52 Å². The molecule has 2 aromatic heterocycles. The number of H-pyrrole nitrogens is 1. The molecule has 142 valence electrons. The highest BCUT2D eigenvalue weighted by molar-refractivity contribution is 8.00. The van der Waals surface area contributed by atoms with E-state index in [4.69, 9.17) is 0 Å². The third kappa shape index (κ3) is 3.71. The molecule has 2 aromatic carbocycles. The van der Waals surface area contributed by atoms with Crippen LogP contribution in [-0.2, 0) is 4.79 Å². The molecule has 4 rings (SSSR count). The zero-order valence-electron chi connectivity index (χ0n) is 15.7. The quantitative estimate of drug-likeness (QED) is 0.480. The van der Waals surface area contributed by atoms with E-state index in [2.05, 4.69) is 25.5 Å². The molecular formula is C21H21N5OS. The first-order valence-corrected chi connectivity index (χ1v) is 10.2. The highest BCUT2D eigenvalue weighted by Crippen LogP contribution is 2.26. The van der Waals surface area contributed by atoms with Crippen LogP contribution in [0.2, 0.25) is 0 Å². The second-order valence-electron chi connectivity index (χ2n) is 6.62. The number of para-hydroxylation sites is 1. The van der Waals surface area contributed by atoms with Crippen LogP contribution >= 0.6 is 11.8 Å². The first kappa shape index (κ1) is 18.4. The van der Waals surface area contributed by atoms with Crippen LogP contribution in [0.25, 0.3) is 22.1 Å². The molecule has 0 bridgehead atoms. The van der Waals surface area contributed by atoms with Gasteiger partial charge in [0, 0.05) is 10.9 Å². The summed E-state index contributed by atoms with van der Waals surface area (Å²) in [7, 11) is 0. The van der Waals surface area contributed by atoms with Crippen molar-refractivity contribution in [2.75, 3.05) is 0 Å². The Labute approximate surface area is 167 Å². The van der Waals surface area contributed by atoms with Crippen molar-refractivity contribution < 1.29 is 4.79 Å². The molecule has 0 unspecified atom stereocenters. The van der Waals surface area contributed by atoms with Crippen LogP contribution in [0.4, 0.5) is 0 Å². The second-order valence-corrected chi connectivity index (χ2v) is 7.79. The van der Waals surface area contributed by atoms with Gasteiger partial charge in [0.15, 0.2) is 5.65 Å². The number of nitrogens with one attached hydrogen (secondary N) is 2. The van der Waals surface area contributed by atoms with Crippen LogP contribution in [0.15, 0.2) is 59.8 Å². The van der Waals surface area contributed by atoms with E-state index >= 15 is 0 Å². The van der Waals surface area contributed by atoms with Crippen LogP contribution < -0.4 is 5.32 Å². The Kier molecular flexibility index (Phi) is 5.25. The van der Waals surface area contributed by atoms with Crippen LogP contribution in [0.3, 0.4) is 0 Å². The van der Waals surface area contributed by atoms with Gasteiger partial charge in [-0.05, 0) is 25.0 Å². The van der Waals surface area contributed by atoms with E-state index in [0.717, 1.165) is 22.0 Å². The number of aromatic amines is 1. The highest BCUT2D eigenvalue weighted by atomic mass is 32.2. The van der Waals surface area contributed by atoms with Gasteiger partial charge in [-0.2, -0.15) is 0 Å². The first-order valence-electron chi connectivity index (χ1n) is 9.29. The maximum absolute atomic E-state index is 12.8. The molecule has 4 aromatic rings. The maximum atomic E-state index is 12.8. The number of carbonyl (C=O) groups excluding carboxylic acids is 1. The van der Waals surface area contributed by atoms with E-state index in [1.807, 2.05) is 68.4 Å². The number of benzene rings is 2. The standard InChI is InChI=1S/C21H21N5OS/c1-3-17(20(27)22-13(2)14-9-5-4-6-10-14)28-21-24-19-18(25-26-21)15-11-7-8-12-16(15)23-19/h4-13,17H,3H2,1-2H3,(H,22,27)(H,23,24,26)/t13-,17-/m1/s1. The fourth-order valence-electron chi connectivity index (χ4n) is 3.14. The average molecular weight is 392 g/mol. The van der Waals surface area contributed by atoms with E-state index in [1.54, 1.807) is 0 Å². The van der Waals surface area contributed by atoms with Crippen LogP contribution in [0, 0.1) is 0 Å². The minimum Gasteiger partial charge on any atom is -0.349 e. The average Bonchev–Trinajstić information content (AvgIpc) is 3.10. The number of aromatic nitrogens is 4. The van der Waals surface area contributed by atoms with Gasteiger partial charge >= 0.3 is 0 Å². The molecule has 0 saturated heterocycles. The van der Waals surface area contributed by atoms with Gasteiger partial charge < -0.3 is 10.3 Å². The van der Waals surface area contributed by atoms with Gasteiger partial charge in [0.25, 0.3) is 0 Å². The molecule has 0 aliphatic carbocycles. The van der Waals surface area contributed by atoms with Gasteiger partial charge in [-0.15, -0.1) is 10.2 Å². The third-order valence-electron chi connectivity index (χ3n) is 4.67. The van der Waals surface area contributed by atoms with Crippen LogP contribution in [0.5, 0.6) is 0 Å². The Morgan fingerprint density at radius 2 is 1.86 bits per heavy atom. The molecule has 1 amide bonds. The summed E-state index contributed by atoms with van der Waals surface area (Å²) < 4.78 is 0. The van der Waals surface area contributed by atoms with Crippen molar-refractivity contribution >= 4 is 39.7 Å². The van der Waals surface area contributed by atoms with E-state index in [0.29, 0.717) is 17.2 Å². The summed E-state index contributed by atoms with van der Waals surface area (Å²) in [5.41, 5.74) is 3.48. The molecule has 0 aliphatic rings. The zero-order chi connectivity index (χ0) is 19.5. The van der Waals surface area contributed by atoms with Gasteiger partial charge in [-0.25, -0.2) is 4.98 Å². The van der Waals surface area contributed by atoms with Gasteiger partial charge in [-0.1, -0.05) is 67.2 Å². The predicted molar refractivity (Wildman–Crippen MR) is 112 cm³/mol. The number of thioether (sulfide) groups is 1. The van der Waals surface area contributed by atoms with Crippen LogP contribution in [0.1, 0.15) is 31.9 Å². The fourth-order valence-corrected chi connectivity index (χ4v) is 3.96. The summed E-state index contributed by atoms with van der Waals surface area (Å²) in [6.45, 7) is 3.97. The lowest BCUT2D eigenvalue weighted by molar-refractivity contribution is -0.121. The zero-order valence-corrected chi connectivity index (χ0v) is 16.5. The van der Waals surface area contributed by atoms with Crippen molar-refractivity contribution in [3.63, 3.8) is 0 Å². The molecule has 0 radical (unpaired) electrons. The summed E-state index contributed by atoms with van der Waals surface area (Å²) in [4.78, 5) is 20.6. The summed E-state index contributed by atoms with van der Waals surface area (Å²) in [5.74, 6) is -0.0239. The Morgan fingerprint density at radius 1 is 1.11 bits per heavy atom. The molecule has 2 N–H and O–H groups in total. The summed E-state index contributed by atoms with van der Waals surface area (Å²) >= 11 is 1.34. The first-order chi connectivity index (χ1) is 13.7. The monoisotopic (exact) mass is 391 g/mol. The molecule has 6 nitrogen and oxygen atoms in total. The predicted octanol–water partition coefficient (Wildman–Crippen LogP) is 4.25. The summed E-state index contributed by atoms with van der Waals surface area (Å²) in [6.07, 6.45) is 0.673. The Balaban J connectivity index is 1.51. The summed E-state index contributed by atoms with van der Waals surface area (Å²) in [5, 5.41) is 12.9. The maximum Gasteiger partial charge on any atom is 0.234 e. The number of hydrogen-bond acceptors (Lipinski definition) is 5. The van der Waals surface area contributed by atoms with E-state index in [1.165, 1.54) is 11.8 Å². The molecule has 0 fully saturated rings.